The van der Waals surface area contributed by atoms with Gasteiger partial charge >= 0.3 is 12.0 Å². The average Bonchev–Trinajstić information content (AvgIpc) is 2.90. The van der Waals surface area contributed by atoms with Crippen molar-refractivity contribution in [3.8, 4) is 5.75 Å². The Kier molecular flexibility index (Phi) is 5.81. The summed E-state index contributed by atoms with van der Waals surface area (Å²) in [5.74, 6) is -1.44. The van der Waals surface area contributed by atoms with Gasteiger partial charge in [-0.2, -0.15) is 5.01 Å². The van der Waals surface area contributed by atoms with E-state index in [0.717, 1.165) is 24.8 Å². The minimum atomic E-state index is -0.930. The molecule has 1 aliphatic carbocycles. The molecule has 1 aromatic carbocycles. The molecule has 2 fully saturated rings. The lowest BCUT2D eigenvalue weighted by molar-refractivity contribution is -0.152. The SMILES string of the molecule is Cc1ccccc1OCC(=O)OCC(=O)NN1C(=O)NC2(CCCCC2)C1=O. The van der Waals surface area contributed by atoms with Crippen molar-refractivity contribution in [2.45, 2.75) is 44.6 Å². The van der Waals surface area contributed by atoms with E-state index in [2.05, 4.69) is 10.7 Å². The fourth-order valence-electron chi connectivity index (χ4n) is 3.42. The molecule has 0 unspecified atom stereocenters. The number of nitrogens with zero attached hydrogens (tertiary/aromatic N) is 1. The van der Waals surface area contributed by atoms with Gasteiger partial charge in [-0.25, -0.2) is 9.59 Å². The van der Waals surface area contributed by atoms with E-state index in [1.54, 1.807) is 12.1 Å². The van der Waals surface area contributed by atoms with Crippen molar-refractivity contribution in [3.05, 3.63) is 29.8 Å². The van der Waals surface area contributed by atoms with E-state index in [9.17, 15) is 19.2 Å². The molecule has 0 atom stereocenters. The van der Waals surface area contributed by atoms with Gasteiger partial charge in [0.1, 0.15) is 11.3 Å². The Morgan fingerprint density at radius 1 is 1.14 bits per heavy atom. The largest absolute Gasteiger partial charge is 0.482 e. The summed E-state index contributed by atoms with van der Waals surface area (Å²) in [6.45, 7) is 0.857. The number of aryl methyl sites for hydroxylation is 1. The molecule has 28 heavy (non-hydrogen) atoms. The Hall–Kier alpha value is -3.10. The molecule has 1 spiro atoms. The predicted octanol–water partition coefficient (Wildman–Crippen LogP) is 1.20. The second-order valence-electron chi connectivity index (χ2n) is 6.96. The summed E-state index contributed by atoms with van der Waals surface area (Å²) >= 11 is 0. The topological polar surface area (TPSA) is 114 Å². The van der Waals surface area contributed by atoms with Crippen LogP contribution >= 0.6 is 0 Å². The van der Waals surface area contributed by atoms with Crippen molar-refractivity contribution in [1.82, 2.24) is 15.8 Å². The van der Waals surface area contributed by atoms with Crippen molar-refractivity contribution in [2.24, 2.45) is 0 Å². The van der Waals surface area contributed by atoms with Crippen LogP contribution in [0.1, 0.15) is 37.7 Å². The number of para-hydroxylation sites is 1. The second kappa shape index (κ2) is 8.28. The van der Waals surface area contributed by atoms with Gasteiger partial charge < -0.3 is 14.8 Å². The maximum absolute atomic E-state index is 12.6. The first kappa shape index (κ1) is 19.7. The number of esters is 1. The van der Waals surface area contributed by atoms with Crippen molar-refractivity contribution >= 4 is 23.8 Å². The number of nitrogens with one attached hydrogen (secondary N) is 2. The first-order valence-electron chi connectivity index (χ1n) is 9.21. The summed E-state index contributed by atoms with van der Waals surface area (Å²) < 4.78 is 10.2. The highest BCUT2D eigenvalue weighted by Gasteiger charge is 2.52. The Morgan fingerprint density at radius 3 is 2.57 bits per heavy atom. The molecular formula is C19H23N3O6. The van der Waals surface area contributed by atoms with Gasteiger partial charge in [0.05, 0.1) is 0 Å². The van der Waals surface area contributed by atoms with Gasteiger partial charge in [-0.3, -0.25) is 15.0 Å². The lowest BCUT2D eigenvalue weighted by Gasteiger charge is -2.30. The number of hydrogen-bond acceptors (Lipinski definition) is 6. The zero-order chi connectivity index (χ0) is 20.1. The fraction of sp³-hybridized carbons (Fsp3) is 0.474. The number of carbonyl (C=O) groups is 4. The van der Waals surface area contributed by atoms with Crippen LogP contribution < -0.4 is 15.5 Å². The standard InChI is InChI=1S/C19H23N3O6/c1-13-7-3-4-8-14(13)27-12-16(24)28-11-15(23)21-22-17(25)19(20-18(22)26)9-5-2-6-10-19/h3-4,7-8H,2,5-6,9-12H2,1H3,(H,20,26)(H,21,23). The minimum Gasteiger partial charge on any atom is -0.482 e. The van der Waals surface area contributed by atoms with Crippen LogP contribution in [0.3, 0.4) is 0 Å². The summed E-state index contributed by atoms with van der Waals surface area (Å²) in [6, 6.07) is 6.50. The molecule has 1 saturated carbocycles. The van der Waals surface area contributed by atoms with Crippen molar-refractivity contribution in [2.75, 3.05) is 13.2 Å². The number of hydrazine groups is 1. The molecule has 1 aromatic rings. The number of amides is 4. The van der Waals surface area contributed by atoms with Crippen LogP contribution in [-0.4, -0.2) is 47.6 Å². The van der Waals surface area contributed by atoms with Gasteiger partial charge in [-0.05, 0) is 31.4 Å². The van der Waals surface area contributed by atoms with E-state index >= 15 is 0 Å². The quantitative estimate of drug-likeness (QED) is 0.558. The van der Waals surface area contributed by atoms with Crippen molar-refractivity contribution < 1.29 is 28.7 Å². The summed E-state index contributed by atoms with van der Waals surface area (Å²) in [5.41, 5.74) is 2.14. The molecular weight excluding hydrogens is 366 g/mol. The van der Waals surface area contributed by atoms with E-state index in [0.29, 0.717) is 23.6 Å². The van der Waals surface area contributed by atoms with Gasteiger partial charge in [-0.15, -0.1) is 0 Å². The van der Waals surface area contributed by atoms with Crippen LogP contribution in [0.2, 0.25) is 0 Å². The lowest BCUT2D eigenvalue weighted by atomic mass is 9.82. The molecule has 0 aromatic heterocycles. The Morgan fingerprint density at radius 2 is 1.86 bits per heavy atom. The van der Waals surface area contributed by atoms with E-state index in [-0.39, 0.29) is 6.61 Å². The second-order valence-corrected chi connectivity index (χ2v) is 6.96. The lowest BCUT2D eigenvalue weighted by Crippen LogP contribution is -2.51. The van der Waals surface area contributed by atoms with Crippen LogP contribution in [0, 0.1) is 6.92 Å². The van der Waals surface area contributed by atoms with Gasteiger partial charge in [-0.1, -0.05) is 37.5 Å². The monoisotopic (exact) mass is 389 g/mol. The molecule has 150 valence electrons. The Labute approximate surface area is 162 Å². The Balaban J connectivity index is 1.45. The zero-order valence-electron chi connectivity index (χ0n) is 15.7. The van der Waals surface area contributed by atoms with Crippen LogP contribution in [0.15, 0.2) is 24.3 Å². The molecule has 4 amide bonds. The van der Waals surface area contributed by atoms with E-state index < -0.39 is 36.0 Å². The fourth-order valence-corrected chi connectivity index (χ4v) is 3.42. The molecule has 0 bridgehead atoms. The summed E-state index contributed by atoms with van der Waals surface area (Å²) in [5, 5.41) is 3.35. The van der Waals surface area contributed by atoms with E-state index in [1.807, 2.05) is 19.1 Å². The van der Waals surface area contributed by atoms with Gasteiger partial charge in [0, 0.05) is 0 Å². The number of carbonyl (C=O) groups excluding carboxylic acids is 4. The number of imide groups is 1. The maximum Gasteiger partial charge on any atom is 0.344 e. The normalized spacial score (nSPS) is 18.0. The molecule has 3 rings (SSSR count). The molecule has 1 heterocycles. The van der Waals surface area contributed by atoms with E-state index in [1.165, 1.54) is 0 Å². The third-order valence-corrected chi connectivity index (χ3v) is 4.91. The number of rotatable bonds is 6. The highest BCUT2D eigenvalue weighted by Crippen LogP contribution is 2.32. The van der Waals surface area contributed by atoms with Crippen LogP contribution in [0.5, 0.6) is 5.75 Å². The molecule has 2 aliphatic rings. The van der Waals surface area contributed by atoms with Crippen LogP contribution in [-0.2, 0) is 19.1 Å². The first-order valence-corrected chi connectivity index (χ1v) is 9.21. The smallest absolute Gasteiger partial charge is 0.344 e. The van der Waals surface area contributed by atoms with Gasteiger partial charge in [0.15, 0.2) is 13.2 Å². The summed E-state index contributed by atoms with van der Waals surface area (Å²) in [4.78, 5) is 48.4. The Bertz CT molecular complexity index is 788. The molecule has 1 aliphatic heterocycles. The molecule has 2 N–H and O–H groups in total. The van der Waals surface area contributed by atoms with E-state index in [4.69, 9.17) is 9.47 Å². The van der Waals surface area contributed by atoms with Crippen LogP contribution in [0.25, 0.3) is 0 Å². The average molecular weight is 389 g/mol. The number of hydrogen-bond donors (Lipinski definition) is 2. The highest BCUT2D eigenvalue weighted by molar-refractivity contribution is 6.08. The van der Waals surface area contributed by atoms with Crippen LogP contribution in [0.4, 0.5) is 4.79 Å². The van der Waals surface area contributed by atoms with Crippen molar-refractivity contribution in [1.29, 1.82) is 0 Å². The van der Waals surface area contributed by atoms with Gasteiger partial charge in [0.25, 0.3) is 11.8 Å². The molecule has 9 nitrogen and oxygen atoms in total. The zero-order valence-corrected chi connectivity index (χ0v) is 15.7. The molecule has 0 radical (unpaired) electrons. The first-order chi connectivity index (χ1) is 13.4. The number of benzene rings is 1. The third-order valence-electron chi connectivity index (χ3n) is 4.91. The number of urea groups is 1. The predicted molar refractivity (Wildman–Crippen MR) is 97.0 cm³/mol. The molecule has 1 saturated heterocycles. The van der Waals surface area contributed by atoms with Crippen molar-refractivity contribution in [3.63, 3.8) is 0 Å². The number of ether oxygens (including phenoxy) is 2. The third kappa shape index (κ3) is 4.24. The maximum atomic E-state index is 12.6. The van der Waals surface area contributed by atoms with Gasteiger partial charge in [0.2, 0.25) is 0 Å². The summed E-state index contributed by atoms with van der Waals surface area (Å²) in [7, 11) is 0. The summed E-state index contributed by atoms with van der Waals surface area (Å²) in [6.07, 6.45) is 3.79. The minimum absolute atomic E-state index is 0.357. The molecule has 9 heteroatoms. The highest BCUT2D eigenvalue weighted by atomic mass is 16.6.